The first-order valence-electron chi connectivity index (χ1n) is 6.43. The SMILES string of the molecule is CC1C=CC(S(=O)(=O)OCC2CCC(=O)N2C)=CC1. The molecule has 2 atom stereocenters. The lowest BCUT2D eigenvalue weighted by Gasteiger charge is -2.20. The van der Waals surface area contributed by atoms with Gasteiger partial charge in [-0.25, -0.2) is 0 Å². The molecule has 0 bridgehead atoms. The van der Waals surface area contributed by atoms with Crippen LogP contribution in [0.5, 0.6) is 0 Å². The Kier molecular flexibility index (Phi) is 4.10. The maximum absolute atomic E-state index is 12.0. The summed E-state index contributed by atoms with van der Waals surface area (Å²) in [5, 5.41) is 0. The fourth-order valence-electron chi connectivity index (χ4n) is 2.19. The number of amides is 1. The number of carbonyl (C=O) groups excluding carboxylic acids is 1. The van der Waals surface area contributed by atoms with Gasteiger partial charge in [0.15, 0.2) is 0 Å². The van der Waals surface area contributed by atoms with Crippen LogP contribution in [0.4, 0.5) is 0 Å². The molecular weight excluding hydrogens is 266 g/mol. The van der Waals surface area contributed by atoms with Crippen molar-refractivity contribution < 1.29 is 17.4 Å². The lowest BCUT2D eigenvalue weighted by Crippen LogP contribution is -2.33. The van der Waals surface area contributed by atoms with Gasteiger partial charge in [-0.1, -0.05) is 19.1 Å². The molecule has 0 spiro atoms. The number of nitrogens with zero attached hydrogens (tertiary/aromatic N) is 1. The Labute approximate surface area is 114 Å². The zero-order valence-corrected chi connectivity index (χ0v) is 12.0. The summed E-state index contributed by atoms with van der Waals surface area (Å²) >= 11 is 0. The highest BCUT2D eigenvalue weighted by Gasteiger charge is 2.30. The standard InChI is InChI=1S/C13H19NO4S/c1-10-3-6-12(7-4-10)19(16,17)18-9-11-5-8-13(15)14(11)2/h3,6-7,10-11H,4-5,8-9H2,1-2H3. The van der Waals surface area contributed by atoms with Gasteiger partial charge in [-0.2, -0.15) is 8.42 Å². The van der Waals surface area contributed by atoms with Gasteiger partial charge in [0.2, 0.25) is 5.91 Å². The second-order valence-electron chi connectivity index (χ2n) is 5.11. The van der Waals surface area contributed by atoms with E-state index in [1.807, 2.05) is 13.0 Å². The molecule has 106 valence electrons. The predicted octanol–water partition coefficient (Wildman–Crippen LogP) is 1.43. The van der Waals surface area contributed by atoms with Gasteiger partial charge in [-0.3, -0.25) is 8.98 Å². The van der Waals surface area contributed by atoms with Crippen LogP contribution in [0.1, 0.15) is 26.2 Å². The number of allylic oxidation sites excluding steroid dienone is 3. The third kappa shape index (κ3) is 3.25. The van der Waals surface area contributed by atoms with Crippen LogP contribution in [0, 0.1) is 5.92 Å². The van der Waals surface area contributed by atoms with Gasteiger partial charge >= 0.3 is 0 Å². The minimum atomic E-state index is -3.70. The van der Waals surface area contributed by atoms with Gasteiger partial charge in [0.05, 0.1) is 17.6 Å². The van der Waals surface area contributed by atoms with Gasteiger partial charge in [0.1, 0.15) is 0 Å². The van der Waals surface area contributed by atoms with E-state index in [0.717, 1.165) is 0 Å². The lowest BCUT2D eigenvalue weighted by atomic mass is 10.0. The van der Waals surface area contributed by atoms with E-state index in [1.165, 1.54) is 0 Å². The van der Waals surface area contributed by atoms with Crippen molar-refractivity contribution in [2.75, 3.05) is 13.7 Å². The van der Waals surface area contributed by atoms with Crippen molar-refractivity contribution in [2.24, 2.45) is 5.92 Å². The fraction of sp³-hybridized carbons (Fsp3) is 0.615. The molecule has 2 rings (SSSR count). The smallest absolute Gasteiger partial charge is 0.296 e. The molecule has 2 aliphatic rings. The molecule has 1 aliphatic heterocycles. The summed E-state index contributed by atoms with van der Waals surface area (Å²) in [7, 11) is -2.02. The van der Waals surface area contributed by atoms with Gasteiger partial charge in [0, 0.05) is 13.5 Å². The number of hydrogen-bond acceptors (Lipinski definition) is 4. The molecular formula is C13H19NO4S. The highest BCUT2D eigenvalue weighted by Crippen LogP contribution is 2.23. The van der Waals surface area contributed by atoms with Crippen LogP contribution in [-0.2, 0) is 19.1 Å². The molecule has 6 heteroatoms. The Morgan fingerprint density at radius 3 is 2.74 bits per heavy atom. The normalized spacial score (nSPS) is 27.8. The molecule has 1 amide bonds. The second kappa shape index (κ2) is 5.46. The molecule has 1 heterocycles. The maximum Gasteiger partial charge on any atom is 0.296 e. The second-order valence-corrected chi connectivity index (χ2v) is 6.73. The van der Waals surface area contributed by atoms with Crippen LogP contribution in [0.25, 0.3) is 0 Å². The van der Waals surface area contributed by atoms with Crippen LogP contribution >= 0.6 is 0 Å². The number of carbonyl (C=O) groups is 1. The molecule has 0 aromatic carbocycles. The summed E-state index contributed by atoms with van der Waals surface area (Å²) in [5.74, 6) is 0.397. The zero-order chi connectivity index (χ0) is 14.0. The Bertz CT molecular complexity index is 521. The minimum absolute atomic E-state index is 0.0330. The summed E-state index contributed by atoms with van der Waals surface area (Å²) < 4.78 is 29.0. The summed E-state index contributed by atoms with van der Waals surface area (Å²) in [5.41, 5.74) is 0. The molecule has 0 N–H and O–H groups in total. The number of rotatable bonds is 4. The predicted molar refractivity (Wildman–Crippen MR) is 71.7 cm³/mol. The van der Waals surface area contributed by atoms with E-state index in [1.54, 1.807) is 24.1 Å². The summed E-state index contributed by atoms with van der Waals surface area (Å²) in [4.78, 5) is 13.1. The highest BCUT2D eigenvalue weighted by molar-refractivity contribution is 7.90. The molecule has 2 unspecified atom stereocenters. The number of likely N-dealkylation sites (tertiary alicyclic amines) is 1. The average molecular weight is 285 g/mol. The van der Waals surface area contributed by atoms with E-state index >= 15 is 0 Å². The van der Waals surface area contributed by atoms with Gasteiger partial charge in [0.25, 0.3) is 10.1 Å². The number of likely N-dealkylation sites (N-methyl/N-ethyl adjacent to an activating group) is 1. The largest absolute Gasteiger partial charge is 0.340 e. The van der Waals surface area contributed by atoms with E-state index in [-0.39, 0.29) is 23.5 Å². The molecule has 0 radical (unpaired) electrons. The van der Waals surface area contributed by atoms with Crippen molar-refractivity contribution in [1.29, 1.82) is 0 Å². The summed E-state index contributed by atoms with van der Waals surface area (Å²) in [6, 6.07) is -0.144. The Balaban J connectivity index is 1.95. The van der Waals surface area contributed by atoms with Crippen molar-refractivity contribution in [3.63, 3.8) is 0 Å². The monoisotopic (exact) mass is 285 g/mol. The Hall–Kier alpha value is -1.14. The third-order valence-corrected chi connectivity index (χ3v) is 4.94. The first kappa shape index (κ1) is 14.3. The highest BCUT2D eigenvalue weighted by atomic mass is 32.2. The quantitative estimate of drug-likeness (QED) is 0.733. The number of hydrogen-bond donors (Lipinski definition) is 0. The van der Waals surface area contributed by atoms with Crippen LogP contribution in [0.15, 0.2) is 23.1 Å². The van der Waals surface area contributed by atoms with Crippen molar-refractivity contribution in [2.45, 2.75) is 32.2 Å². The van der Waals surface area contributed by atoms with Crippen molar-refractivity contribution >= 4 is 16.0 Å². The van der Waals surface area contributed by atoms with Gasteiger partial charge < -0.3 is 4.90 Å². The Morgan fingerprint density at radius 1 is 1.47 bits per heavy atom. The summed E-state index contributed by atoms with van der Waals surface area (Å²) in [6.45, 7) is 2.06. The topological polar surface area (TPSA) is 63.7 Å². The van der Waals surface area contributed by atoms with Crippen LogP contribution < -0.4 is 0 Å². The van der Waals surface area contributed by atoms with Crippen LogP contribution in [0.3, 0.4) is 0 Å². The van der Waals surface area contributed by atoms with E-state index in [2.05, 4.69) is 0 Å². The first-order valence-corrected chi connectivity index (χ1v) is 7.84. The molecule has 19 heavy (non-hydrogen) atoms. The van der Waals surface area contributed by atoms with E-state index in [9.17, 15) is 13.2 Å². The molecule has 0 saturated carbocycles. The zero-order valence-electron chi connectivity index (χ0n) is 11.2. The fourth-order valence-corrected chi connectivity index (χ4v) is 3.21. The molecule has 0 aromatic rings. The summed E-state index contributed by atoms with van der Waals surface area (Å²) in [6.07, 6.45) is 6.95. The molecule has 1 fully saturated rings. The first-order chi connectivity index (χ1) is 8.90. The van der Waals surface area contributed by atoms with Crippen LogP contribution in [-0.4, -0.2) is 38.9 Å². The molecule has 0 aromatic heterocycles. The lowest BCUT2D eigenvalue weighted by molar-refractivity contribution is -0.127. The molecule has 1 aliphatic carbocycles. The van der Waals surface area contributed by atoms with E-state index in [0.29, 0.717) is 25.2 Å². The van der Waals surface area contributed by atoms with Crippen LogP contribution in [0.2, 0.25) is 0 Å². The third-order valence-electron chi connectivity index (χ3n) is 3.62. The minimum Gasteiger partial charge on any atom is -0.340 e. The average Bonchev–Trinajstić information content (AvgIpc) is 2.68. The molecule has 5 nitrogen and oxygen atoms in total. The maximum atomic E-state index is 12.0. The van der Waals surface area contributed by atoms with Crippen molar-refractivity contribution in [1.82, 2.24) is 4.90 Å². The van der Waals surface area contributed by atoms with Gasteiger partial charge in [-0.15, -0.1) is 0 Å². The molecule has 1 saturated heterocycles. The van der Waals surface area contributed by atoms with Crippen molar-refractivity contribution in [3.05, 3.63) is 23.1 Å². The Morgan fingerprint density at radius 2 is 2.21 bits per heavy atom. The van der Waals surface area contributed by atoms with Gasteiger partial charge in [-0.05, 0) is 24.8 Å². The van der Waals surface area contributed by atoms with E-state index in [4.69, 9.17) is 4.18 Å². The van der Waals surface area contributed by atoms with Crippen molar-refractivity contribution in [3.8, 4) is 0 Å². The van der Waals surface area contributed by atoms with E-state index < -0.39 is 10.1 Å².